The molecule has 0 spiro atoms. The Bertz CT molecular complexity index is 1330. The molecule has 0 bridgehead atoms. The minimum absolute atomic E-state index is 0.270. The molecule has 1 aromatic carbocycles. The standard InChI is InChI=1S/C26H30N6O3/c1-6-19(33)30-18-9-7-17(8-10-18)22-20(21-23(27)28-15-29-24(21)31(22)5)16-11-13-32(14-12-16)25(34)35-26(2,3)4/h6-11,15H,1,12-14H2,2-5H3,(H,30,33)(H2,27,28,29). The number of hydrogen-bond donors (Lipinski definition) is 2. The lowest BCUT2D eigenvalue weighted by Crippen LogP contribution is -2.39. The molecule has 1 aliphatic rings. The average Bonchev–Trinajstić information content (AvgIpc) is 3.12. The maximum Gasteiger partial charge on any atom is 0.410 e. The fourth-order valence-electron chi connectivity index (χ4n) is 4.22. The third kappa shape index (κ3) is 4.89. The zero-order chi connectivity index (χ0) is 25.3. The number of nitrogens with two attached hydrogens (primary N) is 1. The number of rotatable bonds is 4. The molecule has 0 saturated heterocycles. The van der Waals surface area contributed by atoms with Crippen LogP contribution in [0.3, 0.4) is 0 Å². The molecule has 0 unspecified atom stereocenters. The zero-order valence-electron chi connectivity index (χ0n) is 20.5. The SMILES string of the molecule is C=CC(=O)Nc1ccc(-c2c(C3=CCN(C(=O)OC(C)(C)C)CC3)c3c(N)ncnc3n2C)cc1. The molecule has 2 amide bonds. The van der Waals surface area contributed by atoms with Gasteiger partial charge in [-0.2, -0.15) is 0 Å². The zero-order valence-corrected chi connectivity index (χ0v) is 20.5. The Balaban J connectivity index is 1.76. The second-order valence-corrected chi connectivity index (χ2v) is 9.42. The monoisotopic (exact) mass is 474 g/mol. The summed E-state index contributed by atoms with van der Waals surface area (Å²) in [5, 5.41) is 3.55. The number of nitrogens with one attached hydrogen (secondary N) is 1. The Morgan fingerprint density at radius 3 is 2.51 bits per heavy atom. The first kappa shape index (κ1) is 24.0. The van der Waals surface area contributed by atoms with Gasteiger partial charge in [-0.1, -0.05) is 24.8 Å². The fraction of sp³-hybridized carbons (Fsp3) is 0.308. The van der Waals surface area contributed by atoms with Crippen molar-refractivity contribution in [3.05, 3.63) is 54.9 Å². The van der Waals surface area contributed by atoms with Gasteiger partial charge in [-0.3, -0.25) is 4.79 Å². The highest BCUT2D eigenvalue weighted by atomic mass is 16.6. The molecule has 4 rings (SSSR count). The molecule has 3 aromatic rings. The highest BCUT2D eigenvalue weighted by Gasteiger charge is 2.28. The molecule has 0 saturated carbocycles. The van der Waals surface area contributed by atoms with Crippen LogP contribution in [0.25, 0.3) is 27.9 Å². The van der Waals surface area contributed by atoms with Gasteiger partial charge in [0.1, 0.15) is 23.4 Å². The van der Waals surface area contributed by atoms with Crippen LogP contribution < -0.4 is 11.1 Å². The van der Waals surface area contributed by atoms with E-state index in [-0.39, 0.29) is 12.0 Å². The highest BCUT2D eigenvalue weighted by molar-refractivity contribution is 6.04. The van der Waals surface area contributed by atoms with E-state index in [2.05, 4.69) is 21.9 Å². The Kier molecular flexibility index (Phi) is 6.34. The van der Waals surface area contributed by atoms with Crippen LogP contribution in [-0.4, -0.2) is 50.1 Å². The van der Waals surface area contributed by atoms with Crippen molar-refractivity contribution in [2.75, 3.05) is 24.1 Å². The largest absolute Gasteiger partial charge is 0.444 e. The lowest BCUT2D eigenvalue weighted by Gasteiger charge is -2.29. The van der Waals surface area contributed by atoms with Crippen LogP contribution in [0.4, 0.5) is 16.3 Å². The minimum atomic E-state index is -0.549. The first-order valence-corrected chi connectivity index (χ1v) is 11.4. The van der Waals surface area contributed by atoms with Crippen molar-refractivity contribution < 1.29 is 14.3 Å². The Morgan fingerprint density at radius 2 is 1.91 bits per heavy atom. The van der Waals surface area contributed by atoms with E-state index < -0.39 is 5.60 Å². The van der Waals surface area contributed by atoms with Gasteiger partial charge < -0.3 is 25.3 Å². The molecule has 182 valence electrons. The molecule has 3 N–H and O–H groups in total. The number of nitrogen functional groups attached to an aromatic ring is 1. The predicted molar refractivity (Wildman–Crippen MR) is 138 cm³/mol. The average molecular weight is 475 g/mol. The molecule has 9 heteroatoms. The summed E-state index contributed by atoms with van der Waals surface area (Å²) >= 11 is 0. The van der Waals surface area contributed by atoms with Crippen molar-refractivity contribution in [3.63, 3.8) is 0 Å². The van der Waals surface area contributed by atoms with E-state index in [0.717, 1.165) is 33.4 Å². The van der Waals surface area contributed by atoms with Gasteiger partial charge in [0, 0.05) is 31.4 Å². The Morgan fingerprint density at radius 1 is 1.20 bits per heavy atom. The fourth-order valence-corrected chi connectivity index (χ4v) is 4.22. The smallest absolute Gasteiger partial charge is 0.410 e. The first-order chi connectivity index (χ1) is 16.6. The number of nitrogens with zero attached hydrogens (tertiary/aromatic N) is 4. The summed E-state index contributed by atoms with van der Waals surface area (Å²) in [6, 6.07) is 7.56. The van der Waals surface area contributed by atoms with E-state index in [1.54, 1.807) is 4.90 Å². The Hall–Kier alpha value is -4.14. The van der Waals surface area contributed by atoms with Gasteiger partial charge in [-0.15, -0.1) is 0 Å². The first-order valence-electron chi connectivity index (χ1n) is 11.4. The number of carbonyl (C=O) groups is 2. The van der Waals surface area contributed by atoms with Crippen molar-refractivity contribution >= 4 is 40.1 Å². The lowest BCUT2D eigenvalue weighted by atomic mass is 9.94. The second kappa shape index (κ2) is 9.25. The van der Waals surface area contributed by atoms with Gasteiger partial charge in [-0.25, -0.2) is 14.8 Å². The van der Waals surface area contributed by atoms with Crippen LogP contribution in [0.5, 0.6) is 0 Å². The number of aromatic nitrogens is 3. The van der Waals surface area contributed by atoms with E-state index in [0.29, 0.717) is 31.0 Å². The van der Waals surface area contributed by atoms with E-state index >= 15 is 0 Å². The van der Waals surface area contributed by atoms with Crippen LogP contribution in [0.2, 0.25) is 0 Å². The molecule has 0 atom stereocenters. The van der Waals surface area contributed by atoms with Gasteiger partial charge in [-0.05, 0) is 56.5 Å². The number of anilines is 2. The van der Waals surface area contributed by atoms with Crippen LogP contribution in [-0.2, 0) is 16.6 Å². The number of fused-ring (bicyclic) bond motifs is 1. The predicted octanol–water partition coefficient (Wildman–Crippen LogP) is 4.37. The molecule has 2 aromatic heterocycles. The summed E-state index contributed by atoms with van der Waals surface area (Å²) in [6.45, 7) is 10.0. The normalized spacial score (nSPS) is 13.9. The molecule has 3 heterocycles. The molecular formula is C26H30N6O3. The van der Waals surface area contributed by atoms with Crippen molar-refractivity contribution in [3.8, 4) is 11.3 Å². The summed E-state index contributed by atoms with van der Waals surface area (Å²) in [7, 11) is 1.94. The number of carbonyl (C=O) groups excluding carboxylic acids is 2. The van der Waals surface area contributed by atoms with Crippen molar-refractivity contribution in [1.82, 2.24) is 19.4 Å². The van der Waals surface area contributed by atoms with Gasteiger partial charge >= 0.3 is 6.09 Å². The van der Waals surface area contributed by atoms with Gasteiger partial charge in [0.05, 0.1) is 11.1 Å². The van der Waals surface area contributed by atoms with Crippen LogP contribution in [0.15, 0.2) is 49.3 Å². The molecule has 0 fully saturated rings. The van der Waals surface area contributed by atoms with Crippen LogP contribution >= 0.6 is 0 Å². The van der Waals surface area contributed by atoms with Gasteiger partial charge in [0.2, 0.25) is 5.91 Å². The van der Waals surface area contributed by atoms with E-state index in [9.17, 15) is 9.59 Å². The summed E-state index contributed by atoms with van der Waals surface area (Å²) < 4.78 is 7.53. The summed E-state index contributed by atoms with van der Waals surface area (Å²) in [5.41, 5.74) is 11.1. The topological polar surface area (TPSA) is 115 Å². The Labute approximate surface area is 204 Å². The number of ether oxygens (including phenoxy) is 1. The van der Waals surface area contributed by atoms with Crippen molar-refractivity contribution in [2.45, 2.75) is 32.8 Å². The van der Waals surface area contributed by atoms with Gasteiger partial charge in [0.25, 0.3) is 0 Å². The number of benzene rings is 1. The maximum atomic E-state index is 12.5. The van der Waals surface area contributed by atoms with Crippen molar-refractivity contribution in [2.24, 2.45) is 7.05 Å². The molecular weight excluding hydrogens is 444 g/mol. The summed E-state index contributed by atoms with van der Waals surface area (Å²) in [6.07, 6.45) is 5.03. The molecule has 0 aliphatic carbocycles. The minimum Gasteiger partial charge on any atom is -0.444 e. The van der Waals surface area contributed by atoms with Crippen molar-refractivity contribution in [1.29, 1.82) is 0 Å². The summed E-state index contributed by atoms with van der Waals surface area (Å²) in [4.78, 5) is 34.6. The maximum absolute atomic E-state index is 12.5. The third-order valence-electron chi connectivity index (χ3n) is 5.79. The van der Waals surface area contributed by atoms with E-state index in [4.69, 9.17) is 10.5 Å². The molecule has 1 aliphatic heterocycles. The highest BCUT2D eigenvalue weighted by Crippen LogP contribution is 2.41. The van der Waals surface area contributed by atoms with Crippen LogP contribution in [0.1, 0.15) is 32.8 Å². The summed E-state index contributed by atoms with van der Waals surface area (Å²) in [5.74, 6) is 0.130. The number of hydrogen-bond acceptors (Lipinski definition) is 6. The lowest BCUT2D eigenvalue weighted by molar-refractivity contribution is -0.111. The number of aryl methyl sites for hydroxylation is 1. The van der Waals surface area contributed by atoms with Gasteiger partial charge in [0.15, 0.2) is 0 Å². The quantitative estimate of drug-likeness (QED) is 0.543. The molecule has 0 radical (unpaired) electrons. The van der Waals surface area contributed by atoms with E-state index in [1.807, 2.05) is 62.7 Å². The third-order valence-corrected chi connectivity index (χ3v) is 5.79. The number of amides is 2. The molecule has 9 nitrogen and oxygen atoms in total. The van der Waals surface area contributed by atoms with Crippen LogP contribution in [0, 0.1) is 0 Å². The van der Waals surface area contributed by atoms with E-state index in [1.165, 1.54) is 12.4 Å². The molecule has 35 heavy (non-hydrogen) atoms. The second-order valence-electron chi connectivity index (χ2n) is 9.42.